The molecule has 2 atom stereocenters. The van der Waals surface area contributed by atoms with Gasteiger partial charge in [-0.2, -0.15) is 0 Å². The third-order valence-corrected chi connectivity index (χ3v) is 1.93. The van der Waals surface area contributed by atoms with E-state index in [1.807, 2.05) is 0 Å². The second-order valence-corrected chi connectivity index (χ2v) is 2.88. The molecule has 0 aliphatic carbocycles. The van der Waals surface area contributed by atoms with E-state index in [4.69, 9.17) is 15.4 Å². The largest absolute Gasteiger partial charge is 0.395 e. The maximum Gasteiger partial charge on any atom is 0.158 e. The van der Waals surface area contributed by atoms with Crippen LogP contribution >= 0.6 is 0 Å². The minimum atomic E-state index is -1.93. The molecule has 4 N–H and O–H groups in total. The molecule has 0 saturated carbocycles. The molecule has 0 saturated heterocycles. The van der Waals surface area contributed by atoms with Crippen LogP contribution in [0.2, 0.25) is 0 Å². The van der Waals surface area contributed by atoms with Crippen molar-refractivity contribution in [3.05, 3.63) is 0 Å². The first-order chi connectivity index (χ1) is 4.22. The summed E-state index contributed by atoms with van der Waals surface area (Å²) in [5, 5.41) is 7.84. The van der Waals surface area contributed by atoms with Gasteiger partial charge in [0.25, 0.3) is 0 Å². The molecule has 0 amide bonds. The molecule has 0 bridgehead atoms. The van der Waals surface area contributed by atoms with E-state index in [0.29, 0.717) is 13.0 Å². The Kier molecular flexibility index (Phi) is 4.88. The summed E-state index contributed by atoms with van der Waals surface area (Å²) in [7, 11) is 0. The van der Waals surface area contributed by atoms with Crippen LogP contribution in [0.3, 0.4) is 0 Å². The van der Waals surface area contributed by atoms with Gasteiger partial charge in [0, 0.05) is 0 Å². The van der Waals surface area contributed by atoms with Gasteiger partial charge in [0.2, 0.25) is 0 Å². The lowest BCUT2D eigenvalue weighted by Crippen LogP contribution is -2.22. The molecule has 0 radical (unpaired) electrons. The van der Waals surface area contributed by atoms with Gasteiger partial charge in [-0.15, -0.1) is 0 Å². The minimum Gasteiger partial charge on any atom is -0.395 e. The number of hydrogen-bond acceptors (Lipinski definition) is 3. The lowest BCUT2D eigenvalue weighted by molar-refractivity contribution is 0.285. The van der Waals surface area contributed by atoms with Crippen molar-refractivity contribution in [1.82, 2.24) is 0 Å². The summed E-state index contributed by atoms with van der Waals surface area (Å²) in [5.41, 5.74) is 5.09. The summed E-state index contributed by atoms with van der Waals surface area (Å²) >= 11 is -1.93. The van der Waals surface area contributed by atoms with Crippen LogP contribution in [0.5, 0.6) is 0 Å². The zero-order valence-corrected chi connectivity index (χ0v) is 5.80. The summed E-state index contributed by atoms with van der Waals surface area (Å²) in [6.07, 6.45) is 0.389. The van der Waals surface area contributed by atoms with E-state index in [-0.39, 0.29) is 6.61 Å². The van der Waals surface area contributed by atoms with E-state index < -0.39 is 16.3 Å². The first-order valence-electron chi connectivity index (χ1n) is 2.63. The van der Waals surface area contributed by atoms with Gasteiger partial charge >= 0.3 is 0 Å². The van der Waals surface area contributed by atoms with Gasteiger partial charge < -0.3 is 15.4 Å². The quantitative estimate of drug-likeness (QED) is 0.448. The van der Waals surface area contributed by atoms with Crippen LogP contribution in [0.4, 0.5) is 0 Å². The Hall–Kier alpha value is 0.0300. The topological polar surface area (TPSA) is 83.5 Å². The Bertz CT molecular complexity index is 97.8. The SMILES string of the molecule is NCCC(CO)S(=O)O. The van der Waals surface area contributed by atoms with Gasteiger partial charge in [0.1, 0.15) is 0 Å². The Balaban J connectivity index is 3.54. The summed E-state index contributed by atoms with van der Waals surface area (Å²) in [6.45, 7) is 0.0534. The van der Waals surface area contributed by atoms with Crippen molar-refractivity contribution in [2.75, 3.05) is 13.2 Å². The fraction of sp³-hybridized carbons (Fsp3) is 1.00. The molecule has 0 aromatic rings. The summed E-state index contributed by atoms with van der Waals surface area (Å²) in [5.74, 6) is 0. The predicted molar refractivity (Wildman–Crippen MR) is 35.3 cm³/mol. The number of aliphatic hydroxyl groups excluding tert-OH is 1. The molecule has 0 spiro atoms. The van der Waals surface area contributed by atoms with Crippen molar-refractivity contribution in [2.24, 2.45) is 5.73 Å². The third kappa shape index (κ3) is 3.58. The highest BCUT2D eigenvalue weighted by Crippen LogP contribution is 1.96. The molecule has 5 heteroatoms. The van der Waals surface area contributed by atoms with Crippen LogP contribution in [0.1, 0.15) is 6.42 Å². The van der Waals surface area contributed by atoms with Crippen molar-refractivity contribution < 1.29 is 13.9 Å². The standard InChI is InChI=1S/C4H11NO3S/c5-2-1-4(3-6)9(7)8/h4,6H,1-3,5H2,(H,7,8). The minimum absolute atomic E-state index is 0.277. The monoisotopic (exact) mass is 153 g/mol. The molecule has 56 valence electrons. The lowest BCUT2D eigenvalue weighted by atomic mass is 10.3. The van der Waals surface area contributed by atoms with Gasteiger partial charge in [0.15, 0.2) is 11.1 Å². The molecule has 9 heavy (non-hydrogen) atoms. The van der Waals surface area contributed by atoms with Crippen molar-refractivity contribution in [3.63, 3.8) is 0 Å². The molecule has 0 aliphatic rings. The third-order valence-electron chi connectivity index (χ3n) is 0.977. The second-order valence-electron chi connectivity index (χ2n) is 1.66. The second kappa shape index (κ2) is 4.87. The lowest BCUT2D eigenvalue weighted by Gasteiger charge is -2.05. The Morgan fingerprint density at radius 3 is 2.33 bits per heavy atom. The van der Waals surface area contributed by atoms with Gasteiger partial charge in [0.05, 0.1) is 11.9 Å². The zero-order valence-electron chi connectivity index (χ0n) is 4.99. The maximum absolute atomic E-state index is 10.2. The van der Waals surface area contributed by atoms with E-state index in [9.17, 15) is 4.21 Å². The average Bonchev–Trinajstić information content (AvgIpc) is 1.82. The first-order valence-corrected chi connectivity index (χ1v) is 3.80. The fourth-order valence-corrected chi connectivity index (χ4v) is 0.907. The Morgan fingerprint density at radius 1 is 1.67 bits per heavy atom. The van der Waals surface area contributed by atoms with E-state index in [0.717, 1.165) is 0 Å². The van der Waals surface area contributed by atoms with Gasteiger partial charge in [-0.1, -0.05) is 0 Å². The average molecular weight is 153 g/mol. The summed E-state index contributed by atoms with van der Waals surface area (Å²) in [6, 6.07) is 0. The van der Waals surface area contributed by atoms with Crippen LogP contribution < -0.4 is 5.73 Å². The van der Waals surface area contributed by atoms with E-state index >= 15 is 0 Å². The van der Waals surface area contributed by atoms with Crippen molar-refractivity contribution >= 4 is 11.1 Å². The van der Waals surface area contributed by atoms with Crippen LogP contribution in [-0.2, 0) is 11.1 Å². The highest BCUT2D eigenvalue weighted by Gasteiger charge is 2.11. The van der Waals surface area contributed by atoms with Crippen LogP contribution in [0.25, 0.3) is 0 Å². The van der Waals surface area contributed by atoms with E-state index in [1.165, 1.54) is 0 Å². The highest BCUT2D eigenvalue weighted by atomic mass is 32.2. The normalized spacial score (nSPS) is 17.2. The van der Waals surface area contributed by atoms with Gasteiger partial charge in [-0.25, -0.2) is 4.21 Å². The Labute approximate surface area is 56.3 Å². The molecule has 0 aromatic heterocycles. The molecule has 4 nitrogen and oxygen atoms in total. The molecular weight excluding hydrogens is 142 g/mol. The smallest absolute Gasteiger partial charge is 0.158 e. The summed E-state index contributed by atoms with van der Waals surface area (Å²) in [4.78, 5) is 0. The van der Waals surface area contributed by atoms with Crippen molar-refractivity contribution in [2.45, 2.75) is 11.7 Å². The highest BCUT2D eigenvalue weighted by molar-refractivity contribution is 7.79. The first kappa shape index (κ1) is 9.03. The number of aliphatic hydroxyl groups is 1. The van der Waals surface area contributed by atoms with Gasteiger partial charge in [-0.3, -0.25) is 0 Å². The van der Waals surface area contributed by atoms with Crippen molar-refractivity contribution in [3.8, 4) is 0 Å². The zero-order chi connectivity index (χ0) is 7.28. The maximum atomic E-state index is 10.2. The molecular formula is C4H11NO3S. The Morgan fingerprint density at radius 2 is 2.22 bits per heavy atom. The number of rotatable bonds is 4. The van der Waals surface area contributed by atoms with E-state index in [1.54, 1.807) is 0 Å². The summed E-state index contributed by atoms with van der Waals surface area (Å²) < 4.78 is 18.6. The van der Waals surface area contributed by atoms with Crippen LogP contribution in [0.15, 0.2) is 0 Å². The molecule has 0 rings (SSSR count). The van der Waals surface area contributed by atoms with Crippen LogP contribution in [0, 0.1) is 0 Å². The van der Waals surface area contributed by atoms with E-state index in [2.05, 4.69) is 0 Å². The molecule has 2 unspecified atom stereocenters. The van der Waals surface area contributed by atoms with Gasteiger partial charge in [-0.05, 0) is 13.0 Å². The molecule has 0 aromatic carbocycles. The molecule has 0 fully saturated rings. The number of hydrogen-bond donors (Lipinski definition) is 3. The molecule has 0 heterocycles. The predicted octanol–water partition coefficient (Wildman–Crippen LogP) is -1.08. The fourth-order valence-electron chi connectivity index (χ4n) is 0.442. The van der Waals surface area contributed by atoms with Crippen molar-refractivity contribution in [1.29, 1.82) is 0 Å². The number of nitrogens with two attached hydrogens (primary N) is 1. The molecule has 0 aliphatic heterocycles. The van der Waals surface area contributed by atoms with Crippen LogP contribution in [-0.4, -0.2) is 32.3 Å².